The SMILES string of the molecule is CC(C(=O)NCc1ccco1)N1CCN(c2ccccc2F)CC1. The highest BCUT2D eigenvalue weighted by Gasteiger charge is 2.26. The molecule has 1 aliphatic rings. The Balaban J connectivity index is 1.50. The van der Waals surface area contributed by atoms with Crippen LogP contribution in [-0.4, -0.2) is 43.0 Å². The van der Waals surface area contributed by atoms with Gasteiger partial charge >= 0.3 is 0 Å². The van der Waals surface area contributed by atoms with Gasteiger partial charge in [0.1, 0.15) is 11.6 Å². The van der Waals surface area contributed by atoms with Gasteiger partial charge < -0.3 is 14.6 Å². The highest BCUT2D eigenvalue weighted by atomic mass is 19.1. The smallest absolute Gasteiger partial charge is 0.237 e. The molecule has 0 bridgehead atoms. The summed E-state index contributed by atoms with van der Waals surface area (Å²) in [6.07, 6.45) is 1.59. The van der Waals surface area contributed by atoms with Crippen LogP contribution in [0.3, 0.4) is 0 Å². The van der Waals surface area contributed by atoms with Crippen molar-refractivity contribution >= 4 is 11.6 Å². The van der Waals surface area contributed by atoms with Gasteiger partial charge in [-0.15, -0.1) is 0 Å². The van der Waals surface area contributed by atoms with Gasteiger partial charge in [-0.1, -0.05) is 12.1 Å². The summed E-state index contributed by atoms with van der Waals surface area (Å²) in [6, 6.07) is 10.2. The summed E-state index contributed by atoms with van der Waals surface area (Å²) in [5, 5.41) is 2.89. The van der Waals surface area contributed by atoms with Crippen LogP contribution >= 0.6 is 0 Å². The van der Waals surface area contributed by atoms with Crippen LogP contribution in [0.1, 0.15) is 12.7 Å². The number of amides is 1. The second kappa shape index (κ2) is 7.49. The zero-order valence-corrected chi connectivity index (χ0v) is 13.7. The first-order chi connectivity index (χ1) is 11.6. The number of anilines is 1. The number of carbonyl (C=O) groups is 1. The Labute approximate surface area is 141 Å². The standard InChI is InChI=1S/C18H22FN3O2/c1-14(18(23)20-13-15-5-4-12-24-15)21-8-10-22(11-9-21)17-7-3-2-6-16(17)19/h2-7,12,14H,8-11,13H2,1H3,(H,20,23). The number of hydrogen-bond donors (Lipinski definition) is 1. The third-order valence-corrected chi connectivity index (χ3v) is 4.45. The molecule has 0 saturated carbocycles. The first-order valence-electron chi connectivity index (χ1n) is 8.19. The lowest BCUT2D eigenvalue weighted by atomic mass is 10.2. The Morgan fingerprint density at radius 3 is 2.62 bits per heavy atom. The number of benzene rings is 1. The van der Waals surface area contributed by atoms with Crippen molar-refractivity contribution in [3.8, 4) is 0 Å². The molecule has 2 heterocycles. The summed E-state index contributed by atoms with van der Waals surface area (Å²) in [7, 11) is 0. The summed E-state index contributed by atoms with van der Waals surface area (Å²) in [6.45, 7) is 5.16. The van der Waals surface area contributed by atoms with E-state index in [1.807, 2.05) is 24.0 Å². The molecule has 24 heavy (non-hydrogen) atoms. The van der Waals surface area contributed by atoms with Crippen LogP contribution in [0.5, 0.6) is 0 Å². The number of hydrogen-bond acceptors (Lipinski definition) is 4. The normalized spacial score (nSPS) is 16.8. The third kappa shape index (κ3) is 3.76. The lowest BCUT2D eigenvalue weighted by Crippen LogP contribution is -2.54. The molecule has 0 spiro atoms. The van der Waals surface area contributed by atoms with Crippen molar-refractivity contribution in [1.82, 2.24) is 10.2 Å². The molecule has 1 aromatic carbocycles. The summed E-state index contributed by atoms with van der Waals surface area (Å²) < 4.78 is 19.1. The molecule has 5 nitrogen and oxygen atoms in total. The van der Waals surface area contributed by atoms with Crippen molar-refractivity contribution in [2.24, 2.45) is 0 Å². The van der Waals surface area contributed by atoms with Crippen LogP contribution in [0, 0.1) is 5.82 Å². The predicted octanol–water partition coefficient (Wildman–Crippen LogP) is 2.25. The minimum atomic E-state index is -0.220. The van der Waals surface area contributed by atoms with Gasteiger partial charge in [0.2, 0.25) is 5.91 Å². The average Bonchev–Trinajstić information content (AvgIpc) is 3.13. The minimum absolute atomic E-state index is 0.0225. The van der Waals surface area contributed by atoms with E-state index in [-0.39, 0.29) is 17.8 Å². The Hall–Kier alpha value is -2.34. The summed E-state index contributed by atoms with van der Waals surface area (Å²) in [5.74, 6) is 0.515. The van der Waals surface area contributed by atoms with E-state index in [9.17, 15) is 9.18 Å². The Morgan fingerprint density at radius 1 is 1.21 bits per heavy atom. The topological polar surface area (TPSA) is 48.7 Å². The van der Waals surface area contributed by atoms with Crippen LogP contribution in [0.25, 0.3) is 0 Å². The maximum absolute atomic E-state index is 13.9. The number of halogens is 1. The molecule has 1 amide bonds. The molecule has 1 N–H and O–H groups in total. The molecular weight excluding hydrogens is 309 g/mol. The van der Waals surface area contributed by atoms with E-state index in [0.717, 1.165) is 18.8 Å². The fraction of sp³-hybridized carbons (Fsp3) is 0.389. The van der Waals surface area contributed by atoms with Crippen LogP contribution in [0.2, 0.25) is 0 Å². The van der Waals surface area contributed by atoms with Crippen LogP contribution in [0.4, 0.5) is 10.1 Å². The van der Waals surface area contributed by atoms with Crippen LogP contribution in [-0.2, 0) is 11.3 Å². The van der Waals surface area contributed by atoms with Gasteiger partial charge in [-0.2, -0.15) is 0 Å². The highest BCUT2D eigenvalue weighted by molar-refractivity contribution is 5.81. The molecular formula is C18H22FN3O2. The molecule has 128 valence electrons. The number of nitrogens with zero attached hydrogens (tertiary/aromatic N) is 2. The number of piperazine rings is 1. The van der Waals surface area contributed by atoms with Gasteiger partial charge in [-0.25, -0.2) is 4.39 Å². The first kappa shape index (κ1) is 16.5. The predicted molar refractivity (Wildman–Crippen MR) is 90.2 cm³/mol. The van der Waals surface area contributed by atoms with Crippen molar-refractivity contribution in [3.05, 3.63) is 54.2 Å². The number of rotatable bonds is 5. The highest BCUT2D eigenvalue weighted by Crippen LogP contribution is 2.20. The molecule has 1 fully saturated rings. The third-order valence-electron chi connectivity index (χ3n) is 4.45. The Kier molecular flexibility index (Phi) is 5.15. The fourth-order valence-electron chi connectivity index (χ4n) is 2.96. The lowest BCUT2D eigenvalue weighted by Gasteiger charge is -2.38. The molecule has 1 aromatic heterocycles. The molecule has 6 heteroatoms. The monoisotopic (exact) mass is 331 g/mol. The second-order valence-corrected chi connectivity index (χ2v) is 5.95. The van der Waals surface area contributed by atoms with Gasteiger partial charge in [0.15, 0.2) is 0 Å². The second-order valence-electron chi connectivity index (χ2n) is 5.95. The number of carbonyl (C=O) groups excluding carboxylic acids is 1. The maximum atomic E-state index is 13.9. The van der Waals surface area contributed by atoms with E-state index in [1.54, 1.807) is 24.5 Å². The molecule has 1 unspecified atom stereocenters. The molecule has 3 rings (SSSR count). The zero-order chi connectivity index (χ0) is 16.9. The number of nitrogens with one attached hydrogen (secondary N) is 1. The number of furan rings is 1. The van der Waals surface area contributed by atoms with Crippen molar-refractivity contribution in [2.75, 3.05) is 31.1 Å². The van der Waals surface area contributed by atoms with E-state index >= 15 is 0 Å². The van der Waals surface area contributed by atoms with E-state index < -0.39 is 0 Å². The quantitative estimate of drug-likeness (QED) is 0.913. The number of para-hydroxylation sites is 1. The van der Waals surface area contributed by atoms with E-state index in [0.29, 0.717) is 25.3 Å². The van der Waals surface area contributed by atoms with Crippen molar-refractivity contribution in [3.63, 3.8) is 0 Å². The summed E-state index contributed by atoms with van der Waals surface area (Å²) in [5.41, 5.74) is 0.632. The van der Waals surface area contributed by atoms with Crippen LogP contribution < -0.4 is 10.2 Å². The zero-order valence-electron chi connectivity index (χ0n) is 13.7. The summed E-state index contributed by atoms with van der Waals surface area (Å²) >= 11 is 0. The Morgan fingerprint density at radius 2 is 1.96 bits per heavy atom. The maximum Gasteiger partial charge on any atom is 0.237 e. The fourth-order valence-corrected chi connectivity index (χ4v) is 2.96. The van der Waals surface area contributed by atoms with E-state index in [1.165, 1.54) is 6.07 Å². The van der Waals surface area contributed by atoms with Crippen molar-refractivity contribution in [1.29, 1.82) is 0 Å². The molecule has 0 aliphatic carbocycles. The van der Waals surface area contributed by atoms with Crippen molar-refractivity contribution in [2.45, 2.75) is 19.5 Å². The lowest BCUT2D eigenvalue weighted by molar-refractivity contribution is -0.126. The van der Waals surface area contributed by atoms with Gasteiger partial charge in [-0.05, 0) is 31.2 Å². The first-order valence-corrected chi connectivity index (χ1v) is 8.19. The van der Waals surface area contributed by atoms with Gasteiger partial charge in [0.25, 0.3) is 0 Å². The average molecular weight is 331 g/mol. The van der Waals surface area contributed by atoms with Gasteiger partial charge in [0, 0.05) is 26.2 Å². The van der Waals surface area contributed by atoms with Gasteiger partial charge in [0.05, 0.1) is 24.5 Å². The largest absolute Gasteiger partial charge is 0.467 e. The summed E-state index contributed by atoms with van der Waals surface area (Å²) in [4.78, 5) is 16.4. The Bertz CT molecular complexity index is 667. The minimum Gasteiger partial charge on any atom is -0.467 e. The van der Waals surface area contributed by atoms with Crippen LogP contribution in [0.15, 0.2) is 47.1 Å². The van der Waals surface area contributed by atoms with E-state index in [2.05, 4.69) is 10.2 Å². The molecule has 1 atom stereocenters. The van der Waals surface area contributed by atoms with E-state index in [4.69, 9.17) is 4.42 Å². The molecule has 0 radical (unpaired) electrons. The molecule has 1 aliphatic heterocycles. The molecule has 2 aromatic rings. The molecule has 1 saturated heterocycles. The van der Waals surface area contributed by atoms with Gasteiger partial charge in [-0.3, -0.25) is 9.69 Å². The van der Waals surface area contributed by atoms with Crippen molar-refractivity contribution < 1.29 is 13.6 Å².